The van der Waals surface area contributed by atoms with Gasteiger partial charge in [0, 0.05) is 12.3 Å². The zero-order valence-corrected chi connectivity index (χ0v) is 18.8. The largest absolute Gasteiger partial charge is 0.481 e. The first-order valence-electron chi connectivity index (χ1n) is 8.60. The molecule has 0 aliphatic rings. The molecule has 31 heavy (non-hydrogen) atoms. The number of rotatable bonds is 6. The molecule has 0 aromatic carbocycles. The van der Waals surface area contributed by atoms with E-state index < -0.39 is 35.9 Å². The van der Waals surface area contributed by atoms with E-state index in [0.717, 1.165) is 4.40 Å². The van der Waals surface area contributed by atoms with Gasteiger partial charge in [-0.2, -0.15) is 13.4 Å². The van der Waals surface area contributed by atoms with Crippen LogP contribution < -0.4 is 14.8 Å². The van der Waals surface area contributed by atoms with Gasteiger partial charge in [0.15, 0.2) is 19.9 Å². The molecule has 166 valence electrons. The van der Waals surface area contributed by atoms with Crippen molar-refractivity contribution in [2.75, 3.05) is 18.2 Å². The molecule has 0 aliphatic carbocycles. The monoisotopic (exact) mass is 488 g/mol. The highest BCUT2D eigenvalue weighted by molar-refractivity contribution is 7.93. The van der Waals surface area contributed by atoms with Gasteiger partial charge in [-0.15, -0.1) is 0 Å². The number of pyridine rings is 1. The Balaban J connectivity index is 2.03. The molecule has 0 fully saturated rings. The third-order valence-electron chi connectivity index (χ3n) is 3.95. The van der Waals surface area contributed by atoms with Gasteiger partial charge >= 0.3 is 6.03 Å². The number of nitrogens with one attached hydrogen (secondary N) is 2. The molecule has 0 saturated heterocycles. The second-order valence-corrected chi connectivity index (χ2v) is 10.4. The van der Waals surface area contributed by atoms with Crippen LogP contribution >= 0.6 is 11.6 Å². The Hall–Kier alpha value is -2.97. The van der Waals surface area contributed by atoms with Gasteiger partial charge in [-0.3, -0.25) is 9.72 Å². The van der Waals surface area contributed by atoms with Crippen LogP contribution in [0.25, 0.3) is 5.65 Å². The van der Waals surface area contributed by atoms with Crippen molar-refractivity contribution in [3.05, 3.63) is 35.1 Å². The van der Waals surface area contributed by atoms with Gasteiger partial charge in [0.25, 0.3) is 10.0 Å². The number of anilines is 1. The van der Waals surface area contributed by atoms with Crippen molar-refractivity contribution >= 4 is 49.1 Å². The van der Waals surface area contributed by atoms with Crippen molar-refractivity contribution in [1.29, 1.82) is 0 Å². The zero-order valence-electron chi connectivity index (χ0n) is 16.4. The summed E-state index contributed by atoms with van der Waals surface area (Å²) in [5, 5.41) is 0.703. The first-order chi connectivity index (χ1) is 14.5. The Bertz CT molecular complexity index is 1390. The van der Waals surface area contributed by atoms with Crippen molar-refractivity contribution in [3.8, 4) is 5.88 Å². The number of urea groups is 1. The predicted octanol–water partition coefficient (Wildman–Crippen LogP) is 1.40. The second kappa shape index (κ2) is 8.28. The number of amides is 2. The number of carbonyl (C=O) groups is 1. The molecule has 3 aromatic heterocycles. The van der Waals surface area contributed by atoms with E-state index in [9.17, 15) is 21.6 Å². The van der Waals surface area contributed by atoms with Crippen molar-refractivity contribution < 1.29 is 26.4 Å². The summed E-state index contributed by atoms with van der Waals surface area (Å²) in [6.07, 6.45) is 1.40. The van der Waals surface area contributed by atoms with Gasteiger partial charge in [0.05, 0.1) is 12.9 Å². The van der Waals surface area contributed by atoms with Gasteiger partial charge in [0.2, 0.25) is 11.8 Å². The Morgan fingerprint density at radius 1 is 1.19 bits per heavy atom. The SMILES string of the molecule is CCS(=O)(=O)c1nc2ccc(C)cn2c1S(=O)(=O)NC(=O)Nc1nc(Cl)cc(OC)n1. The fourth-order valence-corrected chi connectivity index (χ4v) is 5.37. The predicted molar refractivity (Wildman–Crippen MR) is 111 cm³/mol. The summed E-state index contributed by atoms with van der Waals surface area (Å²) in [7, 11) is -7.41. The maximum absolute atomic E-state index is 13.0. The molecular weight excluding hydrogens is 472 g/mol. The first kappa shape index (κ1) is 22.7. The highest BCUT2D eigenvalue weighted by Gasteiger charge is 2.33. The molecule has 0 aliphatic heterocycles. The highest BCUT2D eigenvalue weighted by atomic mass is 35.5. The Morgan fingerprint density at radius 3 is 2.55 bits per heavy atom. The lowest BCUT2D eigenvalue weighted by molar-refractivity contribution is 0.256. The summed E-state index contributed by atoms with van der Waals surface area (Å²) in [4.78, 5) is 23.8. The van der Waals surface area contributed by atoms with E-state index in [4.69, 9.17) is 16.3 Å². The summed E-state index contributed by atoms with van der Waals surface area (Å²) in [5.74, 6) is -0.681. The molecule has 3 rings (SSSR count). The number of aromatic nitrogens is 4. The molecule has 0 unspecified atom stereocenters. The number of halogens is 1. The molecular formula is C16H17ClN6O6S2. The van der Waals surface area contributed by atoms with Crippen molar-refractivity contribution in [1.82, 2.24) is 24.1 Å². The average molecular weight is 489 g/mol. The van der Waals surface area contributed by atoms with Crippen molar-refractivity contribution in [2.24, 2.45) is 0 Å². The topological polar surface area (TPSA) is 162 Å². The van der Waals surface area contributed by atoms with E-state index in [2.05, 4.69) is 20.3 Å². The van der Waals surface area contributed by atoms with Gasteiger partial charge in [0.1, 0.15) is 10.8 Å². The number of fused-ring (bicyclic) bond motifs is 1. The standard InChI is InChI=1S/C16H17ClN6O6S2/c1-4-30(25,26)13-14(23-8-9(2)5-6-11(23)19-13)31(27,28)22-16(24)21-15-18-10(17)7-12(20-15)29-3/h5-8H,4H2,1-3H3,(H2,18,20,21,22,24). The van der Waals surface area contributed by atoms with E-state index in [1.54, 1.807) is 17.7 Å². The zero-order chi connectivity index (χ0) is 23.0. The molecule has 0 saturated carbocycles. The lowest BCUT2D eigenvalue weighted by Gasteiger charge is -2.10. The maximum atomic E-state index is 13.0. The van der Waals surface area contributed by atoms with Gasteiger partial charge in [-0.1, -0.05) is 24.6 Å². The third-order valence-corrected chi connectivity index (χ3v) is 7.26. The minimum absolute atomic E-state index is 0.0340. The van der Waals surface area contributed by atoms with E-state index >= 15 is 0 Å². The van der Waals surface area contributed by atoms with E-state index in [1.807, 2.05) is 0 Å². The lowest BCUT2D eigenvalue weighted by Crippen LogP contribution is -2.36. The number of ether oxygens (including phenoxy) is 1. The van der Waals surface area contributed by atoms with Crippen LogP contribution in [0.4, 0.5) is 10.7 Å². The van der Waals surface area contributed by atoms with Crippen molar-refractivity contribution in [3.63, 3.8) is 0 Å². The fourth-order valence-electron chi connectivity index (χ4n) is 2.55. The lowest BCUT2D eigenvalue weighted by atomic mass is 10.3. The molecule has 0 radical (unpaired) electrons. The summed E-state index contributed by atoms with van der Waals surface area (Å²) in [5.41, 5.74) is 0.729. The second-order valence-electron chi connectivity index (χ2n) is 6.18. The summed E-state index contributed by atoms with van der Waals surface area (Å²) in [6, 6.07) is 3.15. The quantitative estimate of drug-likeness (QED) is 0.488. The van der Waals surface area contributed by atoms with Crippen LogP contribution in [-0.4, -0.2) is 55.1 Å². The Labute approximate surface area is 182 Å². The van der Waals surface area contributed by atoms with Crippen LogP contribution in [-0.2, 0) is 19.9 Å². The third kappa shape index (κ3) is 4.70. The van der Waals surface area contributed by atoms with Crippen molar-refractivity contribution in [2.45, 2.75) is 23.9 Å². The molecule has 2 N–H and O–H groups in total. The number of hydrogen-bond acceptors (Lipinski definition) is 9. The van der Waals surface area contributed by atoms with Crippen LogP contribution in [0.5, 0.6) is 5.88 Å². The number of carbonyl (C=O) groups excluding carboxylic acids is 1. The van der Waals surface area contributed by atoms with Crippen LogP contribution in [0.2, 0.25) is 5.15 Å². The van der Waals surface area contributed by atoms with E-state index in [0.29, 0.717) is 5.56 Å². The van der Waals surface area contributed by atoms with E-state index in [-0.39, 0.29) is 28.4 Å². The van der Waals surface area contributed by atoms with Crippen LogP contribution in [0, 0.1) is 6.92 Å². The average Bonchev–Trinajstić information content (AvgIpc) is 3.07. The molecule has 2 amide bonds. The van der Waals surface area contributed by atoms with E-state index in [1.165, 1.54) is 32.4 Å². The minimum atomic E-state index is -4.69. The molecule has 0 spiro atoms. The van der Waals surface area contributed by atoms with Crippen LogP contribution in [0.1, 0.15) is 12.5 Å². The summed E-state index contributed by atoms with van der Waals surface area (Å²) < 4.78 is 58.7. The number of aryl methyl sites for hydroxylation is 1. The highest BCUT2D eigenvalue weighted by Crippen LogP contribution is 2.24. The number of imidazole rings is 1. The Kier molecular flexibility index (Phi) is 6.07. The van der Waals surface area contributed by atoms with Crippen LogP contribution in [0.3, 0.4) is 0 Å². The number of sulfonamides is 1. The number of nitrogens with zero attached hydrogens (tertiary/aromatic N) is 4. The molecule has 0 atom stereocenters. The van der Waals surface area contributed by atoms with Gasteiger partial charge in [-0.25, -0.2) is 27.9 Å². The molecule has 15 heteroatoms. The van der Waals surface area contributed by atoms with Gasteiger partial charge < -0.3 is 4.74 Å². The smallest absolute Gasteiger partial charge is 0.335 e. The molecule has 3 heterocycles. The minimum Gasteiger partial charge on any atom is -0.481 e. The summed E-state index contributed by atoms with van der Waals surface area (Å²) in [6.45, 7) is 3.04. The maximum Gasteiger partial charge on any atom is 0.335 e. The normalized spacial score (nSPS) is 12.0. The molecule has 0 bridgehead atoms. The Morgan fingerprint density at radius 2 is 1.90 bits per heavy atom. The van der Waals surface area contributed by atoms with Crippen LogP contribution in [0.15, 0.2) is 34.4 Å². The van der Waals surface area contributed by atoms with Gasteiger partial charge in [-0.05, 0) is 18.6 Å². The fraction of sp³-hybridized carbons (Fsp3) is 0.250. The number of sulfone groups is 1. The number of hydrogen-bond donors (Lipinski definition) is 2. The molecule has 12 nitrogen and oxygen atoms in total. The number of methoxy groups -OCH3 is 1. The molecule has 3 aromatic rings. The first-order valence-corrected chi connectivity index (χ1v) is 12.1. The summed E-state index contributed by atoms with van der Waals surface area (Å²) >= 11 is 5.79.